The number of amides is 1. The molecule has 0 aliphatic rings. The van der Waals surface area contributed by atoms with Crippen molar-refractivity contribution in [2.45, 2.75) is 11.8 Å². The second-order valence-electron chi connectivity index (χ2n) is 5.73. The Morgan fingerprint density at radius 3 is 2.52 bits per heavy atom. The van der Waals surface area contributed by atoms with Crippen LogP contribution in [0.5, 0.6) is 0 Å². The first-order valence-electron chi connectivity index (χ1n) is 7.79. The summed E-state index contributed by atoms with van der Waals surface area (Å²) in [5.74, 6) is -0.551. The van der Waals surface area contributed by atoms with Crippen molar-refractivity contribution in [3.05, 3.63) is 58.1 Å². The van der Waals surface area contributed by atoms with Gasteiger partial charge in [-0.2, -0.15) is 0 Å². The molecule has 0 fully saturated rings. The van der Waals surface area contributed by atoms with Gasteiger partial charge in [-0.15, -0.1) is 11.8 Å². The molecule has 2 aromatic rings. The average Bonchev–Trinajstić information content (AvgIpc) is 2.59. The van der Waals surface area contributed by atoms with E-state index in [1.807, 2.05) is 12.3 Å². The van der Waals surface area contributed by atoms with Crippen LogP contribution in [0.25, 0.3) is 0 Å². The highest BCUT2D eigenvalue weighted by atomic mass is 32.2. The molecule has 0 bridgehead atoms. The molecule has 0 aliphatic heterocycles. The number of benzene rings is 2. The van der Waals surface area contributed by atoms with Gasteiger partial charge in [0.05, 0.1) is 22.4 Å². The van der Waals surface area contributed by atoms with Crippen molar-refractivity contribution in [2.24, 2.45) is 0 Å². The van der Waals surface area contributed by atoms with Crippen molar-refractivity contribution < 1.29 is 18.1 Å². The lowest BCUT2D eigenvalue weighted by Crippen LogP contribution is -2.38. The largest absolute Gasteiger partial charge is 0.324 e. The Morgan fingerprint density at radius 1 is 1.26 bits per heavy atom. The number of nitro groups is 1. The Bertz CT molecular complexity index is 976. The van der Waals surface area contributed by atoms with Gasteiger partial charge in [0.1, 0.15) is 6.54 Å². The smallest absolute Gasteiger partial charge is 0.274 e. The third-order valence-electron chi connectivity index (χ3n) is 3.78. The number of nitrogens with zero attached hydrogens (tertiary/aromatic N) is 2. The maximum absolute atomic E-state index is 12.4. The third kappa shape index (κ3) is 5.20. The molecule has 2 aromatic carbocycles. The molecule has 0 unspecified atom stereocenters. The van der Waals surface area contributed by atoms with E-state index in [1.165, 1.54) is 36.9 Å². The summed E-state index contributed by atoms with van der Waals surface area (Å²) < 4.78 is 25.3. The topological polar surface area (TPSA) is 110 Å². The van der Waals surface area contributed by atoms with Crippen LogP contribution in [0.3, 0.4) is 0 Å². The number of hydrogen-bond donors (Lipinski definition) is 1. The van der Waals surface area contributed by atoms with Gasteiger partial charge in [0.15, 0.2) is 0 Å². The van der Waals surface area contributed by atoms with Crippen LogP contribution in [0.15, 0.2) is 47.4 Å². The molecule has 0 aliphatic carbocycles. The maximum atomic E-state index is 12.4. The molecule has 1 N–H and O–H groups in total. The van der Waals surface area contributed by atoms with Crippen LogP contribution in [0.2, 0.25) is 0 Å². The van der Waals surface area contributed by atoms with E-state index >= 15 is 0 Å². The van der Waals surface area contributed by atoms with Crippen LogP contribution in [-0.4, -0.2) is 38.3 Å². The summed E-state index contributed by atoms with van der Waals surface area (Å²) in [5.41, 5.74) is 0.593. The lowest BCUT2D eigenvalue weighted by Gasteiger charge is -2.23. The monoisotopic (exact) mass is 409 g/mol. The molecule has 0 heterocycles. The molecule has 0 saturated carbocycles. The first kappa shape index (κ1) is 20.7. The fraction of sp³-hybridized carbons (Fsp3) is 0.235. The van der Waals surface area contributed by atoms with E-state index in [0.717, 1.165) is 15.5 Å². The van der Waals surface area contributed by atoms with Crippen LogP contribution >= 0.6 is 11.8 Å². The number of nitro benzene ring substituents is 1. The van der Waals surface area contributed by atoms with Gasteiger partial charge in [-0.25, -0.2) is 8.42 Å². The van der Waals surface area contributed by atoms with Crippen molar-refractivity contribution in [2.75, 3.05) is 28.7 Å². The highest BCUT2D eigenvalue weighted by Crippen LogP contribution is 2.29. The summed E-state index contributed by atoms with van der Waals surface area (Å²) in [5, 5.41) is 13.8. The van der Waals surface area contributed by atoms with Crippen molar-refractivity contribution in [3.63, 3.8) is 0 Å². The minimum Gasteiger partial charge on any atom is -0.324 e. The average molecular weight is 409 g/mol. The highest BCUT2D eigenvalue weighted by Gasteiger charge is 2.25. The lowest BCUT2D eigenvalue weighted by molar-refractivity contribution is -0.385. The van der Waals surface area contributed by atoms with Gasteiger partial charge in [0, 0.05) is 16.6 Å². The number of thioether (sulfide) groups is 1. The summed E-state index contributed by atoms with van der Waals surface area (Å²) in [7, 11) is -3.84. The normalized spacial score (nSPS) is 11.1. The van der Waals surface area contributed by atoms with Gasteiger partial charge in [0.2, 0.25) is 15.9 Å². The van der Waals surface area contributed by atoms with E-state index in [0.29, 0.717) is 5.69 Å². The SMILES string of the molecule is CSc1cccc(NC(=O)CN(c2cccc([N+](=O)[O-])c2C)S(C)(=O)=O)c1. The Labute approximate surface area is 161 Å². The zero-order valence-corrected chi connectivity index (χ0v) is 16.6. The summed E-state index contributed by atoms with van der Waals surface area (Å²) in [6, 6.07) is 11.2. The molecule has 2 rings (SSSR count). The third-order valence-corrected chi connectivity index (χ3v) is 5.63. The standard InChI is InChI=1S/C17H19N3O5S2/c1-12-15(8-5-9-16(12)20(22)23)19(27(3,24)25)11-17(21)18-13-6-4-7-14(10-13)26-2/h4-10H,11H2,1-3H3,(H,18,21). The summed E-state index contributed by atoms with van der Waals surface area (Å²) in [4.78, 5) is 23.9. The van der Waals surface area contributed by atoms with E-state index in [1.54, 1.807) is 18.2 Å². The van der Waals surface area contributed by atoms with Crippen molar-refractivity contribution in [3.8, 4) is 0 Å². The molecule has 0 atom stereocenters. The molecule has 8 nitrogen and oxygen atoms in total. The van der Waals surface area contributed by atoms with E-state index in [9.17, 15) is 23.3 Å². The molecule has 0 radical (unpaired) electrons. The summed E-state index contributed by atoms with van der Waals surface area (Å²) >= 11 is 1.51. The summed E-state index contributed by atoms with van der Waals surface area (Å²) in [6.45, 7) is 0.954. The number of rotatable bonds is 7. The Kier molecular flexibility index (Phi) is 6.45. The minimum atomic E-state index is -3.84. The van der Waals surface area contributed by atoms with Gasteiger partial charge in [0.25, 0.3) is 5.69 Å². The van der Waals surface area contributed by atoms with Crippen LogP contribution in [0, 0.1) is 17.0 Å². The predicted molar refractivity (Wildman–Crippen MR) is 107 cm³/mol. The van der Waals surface area contributed by atoms with Gasteiger partial charge in [-0.1, -0.05) is 12.1 Å². The van der Waals surface area contributed by atoms with E-state index in [2.05, 4.69) is 5.32 Å². The minimum absolute atomic E-state index is 0.0970. The number of carbonyl (C=O) groups is 1. The van der Waals surface area contributed by atoms with E-state index in [-0.39, 0.29) is 16.9 Å². The highest BCUT2D eigenvalue weighted by molar-refractivity contribution is 7.98. The van der Waals surface area contributed by atoms with Crippen LogP contribution in [0.4, 0.5) is 17.1 Å². The molecule has 0 aromatic heterocycles. The fourth-order valence-electron chi connectivity index (χ4n) is 2.49. The lowest BCUT2D eigenvalue weighted by atomic mass is 10.1. The molecule has 0 saturated heterocycles. The Morgan fingerprint density at radius 2 is 1.93 bits per heavy atom. The van der Waals surface area contributed by atoms with Crippen molar-refractivity contribution in [1.29, 1.82) is 0 Å². The quantitative estimate of drug-likeness (QED) is 0.428. The second-order valence-corrected chi connectivity index (χ2v) is 8.51. The zero-order chi connectivity index (χ0) is 20.2. The van der Waals surface area contributed by atoms with Crippen LogP contribution in [-0.2, 0) is 14.8 Å². The molecule has 10 heteroatoms. The van der Waals surface area contributed by atoms with E-state index < -0.39 is 27.4 Å². The van der Waals surface area contributed by atoms with Crippen LogP contribution in [0.1, 0.15) is 5.56 Å². The molecule has 144 valence electrons. The van der Waals surface area contributed by atoms with E-state index in [4.69, 9.17) is 0 Å². The molecule has 0 spiro atoms. The molecule has 27 heavy (non-hydrogen) atoms. The Balaban J connectivity index is 2.32. The zero-order valence-electron chi connectivity index (χ0n) is 15.0. The first-order chi connectivity index (χ1) is 12.6. The molecular formula is C17H19N3O5S2. The van der Waals surface area contributed by atoms with Crippen molar-refractivity contribution in [1.82, 2.24) is 0 Å². The molecular weight excluding hydrogens is 390 g/mol. The number of sulfonamides is 1. The van der Waals surface area contributed by atoms with Gasteiger partial charge >= 0.3 is 0 Å². The first-order valence-corrected chi connectivity index (χ1v) is 10.9. The fourth-order valence-corrected chi connectivity index (χ4v) is 3.86. The predicted octanol–water partition coefficient (Wildman–Crippen LogP) is 3.03. The number of anilines is 2. The van der Waals surface area contributed by atoms with Gasteiger partial charge in [-0.3, -0.25) is 19.2 Å². The maximum Gasteiger partial charge on any atom is 0.274 e. The van der Waals surface area contributed by atoms with Crippen LogP contribution < -0.4 is 9.62 Å². The number of hydrogen-bond acceptors (Lipinski definition) is 6. The Hall–Kier alpha value is -2.59. The van der Waals surface area contributed by atoms with Gasteiger partial charge < -0.3 is 5.32 Å². The molecule has 1 amide bonds. The van der Waals surface area contributed by atoms with Crippen molar-refractivity contribution >= 4 is 44.8 Å². The number of nitrogens with one attached hydrogen (secondary N) is 1. The number of carbonyl (C=O) groups excluding carboxylic acids is 1. The summed E-state index contributed by atoms with van der Waals surface area (Å²) in [6.07, 6.45) is 2.85. The van der Waals surface area contributed by atoms with Gasteiger partial charge in [-0.05, 0) is 37.4 Å². The second kappa shape index (κ2) is 8.40.